The molecule has 0 aliphatic carbocycles. The molecule has 0 fully saturated rings. The van der Waals surface area contributed by atoms with Crippen LogP contribution < -0.4 is 4.57 Å². The molecule has 3 aromatic heterocycles. The number of hydrogen-bond donors (Lipinski definition) is 0. The number of pyridine rings is 2. The lowest BCUT2D eigenvalue weighted by Gasteiger charge is -2.18. The molecule has 0 atom stereocenters. The van der Waals surface area contributed by atoms with Crippen molar-refractivity contribution in [3.05, 3.63) is 108 Å². The first kappa shape index (κ1) is 19.8. The molecule has 0 bridgehead atoms. The van der Waals surface area contributed by atoms with Crippen LogP contribution in [0.25, 0.3) is 70.9 Å². The Bertz CT molecular complexity index is 2160. The molecular formula is C34H25N2+. The summed E-state index contributed by atoms with van der Waals surface area (Å²) in [4.78, 5) is 0. The number of aromatic nitrogens is 2. The van der Waals surface area contributed by atoms with Crippen molar-refractivity contribution < 1.29 is 4.57 Å². The average Bonchev–Trinajstić information content (AvgIpc) is 3.27. The van der Waals surface area contributed by atoms with E-state index in [9.17, 15) is 0 Å². The molecule has 36 heavy (non-hydrogen) atoms. The van der Waals surface area contributed by atoms with Gasteiger partial charge in [-0.25, -0.2) is 4.57 Å². The van der Waals surface area contributed by atoms with Crippen molar-refractivity contribution in [1.29, 1.82) is 0 Å². The summed E-state index contributed by atoms with van der Waals surface area (Å²) in [5.74, 6) is 0. The van der Waals surface area contributed by atoms with Crippen LogP contribution in [0.3, 0.4) is 0 Å². The van der Waals surface area contributed by atoms with Crippen molar-refractivity contribution >= 4 is 59.8 Å². The normalized spacial score (nSPS) is 12.3. The second-order valence-electron chi connectivity index (χ2n) is 10.1. The van der Waals surface area contributed by atoms with E-state index in [0.717, 1.165) is 0 Å². The van der Waals surface area contributed by atoms with Crippen LogP contribution in [0.2, 0.25) is 0 Å². The molecule has 0 aliphatic heterocycles. The molecule has 0 radical (unpaired) electrons. The zero-order valence-corrected chi connectivity index (χ0v) is 20.6. The first-order valence-electron chi connectivity index (χ1n) is 12.6. The Hall–Kier alpha value is -4.43. The number of para-hydroxylation sites is 1. The average molecular weight is 462 g/mol. The van der Waals surface area contributed by atoms with Crippen molar-refractivity contribution in [3.63, 3.8) is 0 Å². The van der Waals surface area contributed by atoms with Crippen LogP contribution in [0.4, 0.5) is 0 Å². The van der Waals surface area contributed by atoms with Crippen LogP contribution in [0.1, 0.15) is 11.1 Å². The molecule has 2 nitrogen and oxygen atoms in total. The Morgan fingerprint density at radius 3 is 2.06 bits per heavy atom. The van der Waals surface area contributed by atoms with Gasteiger partial charge in [-0.3, -0.25) is 0 Å². The van der Waals surface area contributed by atoms with E-state index in [1.54, 1.807) is 0 Å². The van der Waals surface area contributed by atoms with Crippen LogP contribution in [-0.4, -0.2) is 4.40 Å². The topological polar surface area (TPSA) is 8.29 Å². The smallest absolute Gasteiger partial charge is 0.224 e. The van der Waals surface area contributed by atoms with Crippen LogP contribution in [0.5, 0.6) is 0 Å². The minimum Gasteiger partial charge on any atom is -0.307 e. The molecule has 2 heteroatoms. The number of benzene rings is 5. The highest BCUT2D eigenvalue weighted by molar-refractivity contribution is 6.31. The third kappa shape index (κ3) is 2.29. The van der Waals surface area contributed by atoms with E-state index >= 15 is 0 Å². The van der Waals surface area contributed by atoms with Gasteiger partial charge in [-0.05, 0) is 64.4 Å². The summed E-state index contributed by atoms with van der Waals surface area (Å²) in [5.41, 5.74) is 10.5. The van der Waals surface area contributed by atoms with Crippen molar-refractivity contribution in [1.82, 2.24) is 4.40 Å². The molecule has 0 N–H and O–H groups in total. The fraction of sp³-hybridized carbons (Fsp3) is 0.0882. The number of nitrogens with zero attached hydrogens (tertiary/aromatic N) is 2. The van der Waals surface area contributed by atoms with Crippen LogP contribution in [0, 0.1) is 13.8 Å². The number of aryl methyl sites for hydroxylation is 3. The maximum atomic E-state index is 2.57. The molecular weight excluding hydrogens is 436 g/mol. The highest BCUT2D eigenvalue weighted by atomic mass is 15.0. The van der Waals surface area contributed by atoms with Gasteiger partial charge in [0, 0.05) is 16.8 Å². The number of hydrogen-bond acceptors (Lipinski definition) is 0. The summed E-state index contributed by atoms with van der Waals surface area (Å²) in [6.07, 6.45) is 2.23. The third-order valence-corrected chi connectivity index (χ3v) is 8.28. The Balaban J connectivity index is 1.81. The molecule has 0 unspecified atom stereocenters. The van der Waals surface area contributed by atoms with Gasteiger partial charge in [0.2, 0.25) is 5.52 Å². The van der Waals surface area contributed by atoms with Gasteiger partial charge in [0.1, 0.15) is 7.05 Å². The molecule has 170 valence electrons. The maximum Gasteiger partial charge on any atom is 0.224 e. The van der Waals surface area contributed by atoms with E-state index in [1.165, 1.54) is 82.0 Å². The minimum absolute atomic E-state index is 1.26. The van der Waals surface area contributed by atoms with Crippen molar-refractivity contribution in [3.8, 4) is 11.1 Å². The predicted molar refractivity (Wildman–Crippen MR) is 152 cm³/mol. The third-order valence-electron chi connectivity index (χ3n) is 8.28. The van der Waals surface area contributed by atoms with Gasteiger partial charge in [0.05, 0.1) is 27.3 Å². The fourth-order valence-corrected chi connectivity index (χ4v) is 6.72. The zero-order chi connectivity index (χ0) is 24.1. The van der Waals surface area contributed by atoms with Crippen molar-refractivity contribution in [2.45, 2.75) is 13.8 Å². The van der Waals surface area contributed by atoms with E-state index < -0.39 is 0 Å². The molecule has 8 rings (SSSR count). The van der Waals surface area contributed by atoms with Gasteiger partial charge >= 0.3 is 0 Å². The predicted octanol–water partition coefficient (Wildman–Crippen LogP) is 8.25. The lowest BCUT2D eigenvalue weighted by Crippen LogP contribution is -2.29. The summed E-state index contributed by atoms with van der Waals surface area (Å²) < 4.78 is 4.89. The molecule has 5 aromatic carbocycles. The van der Waals surface area contributed by atoms with Gasteiger partial charge in [-0.15, -0.1) is 0 Å². The fourth-order valence-electron chi connectivity index (χ4n) is 6.72. The highest BCUT2D eigenvalue weighted by Crippen LogP contribution is 2.46. The summed E-state index contributed by atoms with van der Waals surface area (Å²) in [6, 6.07) is 33.3. The van der Waals surface area contributed by atoms with Gasteiger partial charge < -0.3 is 4.40 Å². The van der Waals surface area contributed by atoms with E-state index in [2.05, 4.69) is 127 Å². The monoisotopic (exact) mass is 461 g/mol. The van der Waals surface area contributed by atoms with Gasteiger partial charge in [-0.1, -0.05) is 72.8 Å². The Kier molecular flexibility index (Phi) is 3.76. The van der Waals surface area contributed by atoms with Crippen molar-refractivity contribution in [2.24, 2.45) is 7.05 Å². The standard InChI is InChI=1S/C34H25N2/c1-20-24-13-7-8-14-25(24)21(2)32-29(20)33-30-23(17-18-35(33)3)19-27(22-11-5-4-6-12-22)31-26-15-9-10-16-28(26)36(32)34(30)31/h4-19H,1-3H3/q+1. The van der Waals surface area contributed by atoms with Crippen molar-refractivity contribution in [2.75, 3.05) is 0 Å². The summed E-state index contributed by atoms with van der Waals surface area (Å²) in [5, 5.41) is 9.30. The van der Waals surface area contributed by atoms with E-state index in [0.29, 0.717) is 0 Å². The molecule has 3 heterocycles. The number of fused-ring (bicyclic) bond motifs is 7. The maximum absolute atomic E-state index is 2.57. The SMILES string of the molecule is Cc1c2ccccc2c(C)c2c1c1c3c(cc[n+]1C)cc(-c1ccccc1)c1c4ccccc4n2c13. The molecule has 0 saturated carbocycles. The second kappa shape index (κ2) is 6.83. The van der Waals surface area contributed by atoms with Gasteiger partial charge in [0.15, 0.2) is 6.20 Å². The molecule has 8 aromatic rings. The second-order valence-corrected chi connectivity index (χ2v) is 10.1. The molecule has 0 saturated heterocycles. The van der Waals surface area contributed by atoms with Crippen LogP contribution >= 0.6 is 0 Å². The summed E-state index contributed by atoms with van der Waals surface area (Å²) in [7, 11) is 2.19. The number of rotatable bonds is 1. The first-order chi connectivity index (χ1) is 17.6. The largest absolute Gasteiger partial charge is 0.307 e. The molecule has 0 spiro atoms. The quantitative estimate of drug-likeness (QED) is 0.132. The zero-order valence-electron chi connectivity index (χ0n) is 20.6. The van der Waals surface area contributed by atoms with Crippen LogP contribution in [0.15, 0.2) is 97.2 Å². The molecule has 0 amide bonds. The highest BCUT2D eigenvalue weighted by Gasteiger charge is 2.27. The Morgan fingerprint density at radius 2 is 1.28 bits per heavy atom. The van der Waals surface area contributed by atoms with Gasteiger partial charge in [-0.2, -0.15) is 0 Å². The van der Waals surface area contributed by atoms with Crippen LogP contribution in [-0.2, 0) is 7.05 Å². The van der Waals surface area contributed by atoms with E-state index in [-0.39, 0.29) is 0 Å². The lowest BCUT2D eigenvalue weighted by atomic mass is 9.91. The van der Waals surface area contributed by atoms with E-state index in [1.807, 2.05) is 0 Å². The minimum atomic E-state index is 1.26. The molecule has 0 aliphatic rings. The summed E-state index contributed by atoms with van der Waals surface area (Å²) in [6.45, 7) is 4.60. The van der Waals surface area contributed by atoms with E-state index in [4.69, 9.17) is 0 Å². The Morgan fingerprint density at radius 1 is 0.611 bits per heavy atom. The summed E-state index contributed by atoms with van der Waals surface area (Å²) >= 11 is 0. The lowest BCUT2D eigenvalue weighted by molar-refractivity contribution is -0.643. The van der Waals surface area contributed by atoms with Gasteiger partial charge in [0.25, 0.3) is 0 Å². The Labute approximate surface area is 209 Å². The first-order valence-corrected chi connectivity index (χ1v) is 12.6.